The summed E-state index contributed by atoms with van der Waals surface area (Å²) in [7, 11) is 7.14. The first-order valence-electron chi connectivity index (χ1n) is 26.1. The van der Waals surface area contributed by atoms with Crippen LogP contribution in [-0.2, 0) is 83.8 Å². The first kappa shape index (κ1) is 61.6. The van der Waals surface area contributed by atoms with Crippen LogP contribution in [0.3, 0.4) is 0 Å². The minimum atomic E-state index is -1.57. The quantitative estimate of drug-likeness (QED) is 0.147. The van der Waals surface area contributed by atoms with Crippen LogP contribution in [0.4, 0.5) is 0 Å². The molecule has 21 nitrogen and oxygen atoms in total. The number of carbonyl (C=O) groups excluding carboxylic acids is 8. The zero-order valence-corrected chi connectivity index (χ0v) is 47.0. The molecule has 1 aliphatic rings. The maximum absolute atomic E-state index is 14.9. The van der Waals surface area contributed by atoms with Gasteiger partial charge in [-0.25, -0.2) is 19.2 Å². The van der Waals surface area contributed by atoms with Gasteiger partial charge in [-0.2, -0.15) is 4.80 Å². The van der Waals surface area contributed by atoms with E-state index in [9.17, 15) is 38.4 Å². The van der Waals surface area contributed by atoms with Gasteiger partial charge in [0.25, 0.3) is 23.6 Å². The third-order valence-electron chi connectivity index (χ3n) is 13.0. The highest BCUT2D eigenvalue weighted by Crippen LogP contribution is 2.25. The summed E-state index contributed by atoms with van der Waals surface area (Å²) in [6.45, 7) is 17.5. The highest BCUT2D eigenvalue weighted by Gasteiger charge is 2.43. The highest BCUT2D eigenvalue weighted by molar-refractivity contribution is 5.94. The molecule has 0 radical (unpaired) electrons. The molecule has 3 aromatic rings. The summed E-state index contributed by atoms with van der Waals surface area (Å²) >= 11 is 0. The van der Waals surface area contributed by atoms with Gasteiger partial charge in [0, 0.05) is 41.0 Å². The average molecular weight is 1060 g/mol. The summed E-state index contributed by atoms with van der Waals surface area (Å²) < 4.78 is 29.8. The molecular formula is C55H80N8O13. The van der Waals surface area contributed by atoms with Crippen molar-refractivity contribution < 1.29 is 62.0 Å². The van der Waals surface area contributed by atoms with Crippen molar-refractivity contribution in [3.8, 4) is 5.75 Å². The van der Waals surface area contributed by atoms with Crippen LogP contribution in [0.25, 0.3) is 0 Å². The molecule has 1 fully saturated rings. The fourth-order valence-electron chi connectivity index (χ4n) is 8.77. The number of ether oxygens (including phenoxy) is 5. The number of rotatable bonds is 15. The third kappa shape index (κ3) is 17.6. The number of nitrogens with zero attached hydrogens (tertiary/aromatic N) is 8. The SMILES string of the molecule is CC(C)C[C@H]1C(=O)O[C@H](Cc2ccc(OCc3nnn(C)n3)cc2)C(=O)N(C)[C@@H](CC(C)C)C(=O)O[C@H](C)C(=O)N(C)[C@@H](CC(C)C)C(=O)O[C@H](Cc2ccccc2)C(=O)N(C)[C@@H](CC(C)C)C(=O)O[C@H](C)C(=O)N1C. The molecule has 4 amide bonds. The van der Waals surface area contributed by atoms with E-state index in [0.717, 1.165) is 19.6 Å². The van der Waals surface area contributed by atoms with E-state index in [0.29, 0.717) is 22.7 Å². The van der Waals surface area contributed by atoms with Gasteiger partial charge in [0.2, 0.25) is 5.82 Å². The third-order valence-corrected chi connectivity index (χ3v) is 13.0. The summed E-state index contributed by atoms with van der Waals surface area (Å²) in [6, 6.07) is 10.4. The molecule has 0 unspecified atom stereocenters. The molecule has 0 aliphatic carbocycles. The summed E-state index contributed by atoms with van der Waals surface area (Å²) in [6.07, 6.45) is -5.98. The molecule has 418 valence electrons. The normalized spacial score (nSPS) is 23.8. The Hall–Kier alpha value is -6.93. The van der Waals surface area contributed by atoms with Gasteiger partial charge in [0.1, 0.15) is 29.9 Å². The van der Waals surface area contributed by atoms with Crippen molar-refractivity contribution in [3.05, 3.63) is 71.5 Å². The molecule has 4 rings (SSSR count). The molecule has 76 heavy (non-hydrogen) atoms. The lowest BCUT2D eigenvalue weighted by atomic mass is 10.00. The molecule has 0 bridgehead atoms. The van der Waals surface area contributed by atoms with E-state index in [1.54, 1.807) is 61.6 Å². The van der Waals surface area contributed by atoms with Crippen molar-refractivity contribution >= 4 is 47.5 Å². The second-order valence-corrected chi connectivity index (χ2v) is 21.4. The number of hydrogen-bond acceptors (Lipinski definition) is 16. The standard InChI is InChI=1S/C55H80N8O13/c1-32(2)25-41-52(68)73-37(10)49(65)60(12)44(28-35(7)8)55(71)76-46(30-39-21-23-40(24-22-39)72-31-47-56-58-63(15)57-47)51(67)62(14)42(26-33(3)4)53(69)74-36(9)48(64)59(11)43(27-34(5)6)54(70)75-45(50(66)61(41)13)29-38-19-17-16-18-20-38/h16-24,32-37,41-46H,25-31H2,1-15H3/t36-,37-,41+,42+,43+,44+,45-,46-/m1/s1. The van der Waals surface area contributed by atoms with Crippen LogP contribution in [0.15, 0.2) is 54.6 Å². The van der Waals surface area contributed by atoms with Crippen molar-refractivity contribution in [1.82, 2.24) is 39.8 Å². The molecule has 2 aromatic carbocycles. The minimum Gasteiger partial charge on any atom is -0.485 e. The number of likely N-dealkylation sites (N-methyl/N-ethyl adjacent to an activating group) is 4. The second-order valence-electron chi connectivity index (χ2n) is 21.4. The molecule has 2 heterocycles. The zero-order valence-electron chi connectivity index (χ0n) is 47.0. The Morgan fingerprint density at radius 2 is 0.816 bits per heavy atom. The number of esters is 4. The number of aryl methyl sites for hydroxylation is 1. The number of tetrazole rings is 1. The monoisotopic (exact) mass is 1060 g/mol. The molecule has 0 saturated carbocycles. The topological polar surface area (TPSA) is 239 Å². The van der Waals surface area contributed by atoms with Gasteiger partial charge in [-0.05, 0) is 91.7 Å². The van der Waals surface area contributed by atoms with Crippen LogP contribution in [-0.4, -0.2) is 164 Å². The van der Waals surface area contributed by atoms with Crippen molar-refractivity contribution in [2.45, 2.75) is 163 Å². The highest BCUT2D eigenvalue weighted by atomic mass is 16.6. The Labute approximate surface area is 447 Å². The van der Waals surface area contributed by atoms with Crippen LogP contribution >= 0.6 is 0 Å². The van der Waals surface area contributed by atoms with Gasteiger partial charge in [0.15, 0.2) is 31.0 Å². The summed E-state index contributed by atoms with van der Waals surface area (Å²) in [4.78, 5) is 122. The molecule has 8 atom stereocenters. The fourth-order valence-corrected chi connectivity index (χ4v) is 8.77. The van der Waals surface area contributed by atoms with Crippen LogP contribution in [0.5, 0.6) is 5.75 Å². The van der Waals surface area contributed by atoms with Gasteiger partial charge in [-0.1, -0.05) is 97.9 Å². The van der Waals surface area contributed by atoms with E-state index >= 15 is 0 Å². The Morgan fingerprint density at radius 1 is 0.474 bits per heavy atom. The summed E-state index contributed by atoms with van der Waals surface area (Å²) in [5.41, 5.74) is 1.17. The molecule has 1 aromatic heterocycles. The van der Waals surface area contributed by atoms with Crippen LogP contribution < -0.4 is 4.74 Å². The first-order valence-corrected chi connectivity index (χ1v) is 26.1. The van der Waals surface area contributed by atoms with E-state index in [2.05, 4.69) is 15.4 Å². The van der Waals surface area contributed by atoms with Crippen molar-refractivity contribution in [1.29, 1.82) is 0 Å². The molecular weight excluding hydrogens is 981 g/mol. The largest absolute Gasteiger partial charge is 0.485 e. The van der Waals surface area contributed by atoms with Crippen LogP contribution in [0, 0.1) is 23.7 Å². The second kappa shape index (κ2) is 28.3. The van der Waals surface area contributed by atoms with E-state index in [4.69, 9.17) is 23.7 Å². The number of amides is 4. The van der Waals surface area contributed by atoms with Gasteiger partial charge in [0.05, 0.1) is 7.05 Å². The van der Waals surface area contributed by atoms with Gasteiger partial charge in [-0.3, -0.25) is 19.2 Å². The van der Waals surface area contributed by atoms with Gasteiger partial charge in [-0.15, -0.1) is 10.2 Å². The Morgan fingerprint density at radius 3 is 1.16 bits per heavy atom. The maximum Gasteiger partial charge on any atom is 0.329 e. The van der Waals surface area contributed by atoms with Crippen molar-refractivity contribution in [3.63, 3.8) is 0 Å². The van der Waals surface area contributed by atoms with Gasteiger partial charge < -0.3 is 43.3 Å². The molecule has 1 saturated heterocycles. The van der Waals surface area contributed by atoms with Gasteiger partial charge >= 0.3 is 23.9 Å². The number of carbonyl (C=O) groups is 8. The maximum atomic E-state index is 14.9. The molecule has 21 heteroatoms. The number of benzene rings is 2. The molecule has 0 spiro atoms. The first-order chi connectivity index (χ1) is 35.7. The van der Waals surface area contributed by atoms with Crippen LogP contribution in [0.2, 0.25) is 0 Å². The van der Waals surface area contributed by atoms with Crippen molar-refractivity contribution in [2.75, 3.05) is 28.2 Å². The summed E-state index contributed by atoms with van der Waals surface area (Å²) in [5.74, 6) is -6.69. The predicted octanol–water partition coefficient (Wildman–Crippen LogP) is 4.77. The minimum absolute atomic E-state index is 0.0295. The smallest absolute Gasteiger partial charge is 0.329 e. The lowest BCUT2D eigenvalue weighted by molar-refractivity contribution is -0.176. The Balaban J connectivity index is 1.84. The van der Waals surface area contributed by atoms with Crippen LogP contribution in [0.1, 0.15) is 112 Å². The molecule has 1 aliphatic heterocycles. The average Bonchev–Trinajstić information content (AvgIpc) is 3.79. The Bertz CT molecular complexity index is 2430. The predicted molar refractivity (Wildman–Crippen MR) is 278 cm³/mol. The number of cyclic esters (lactones) is 4. The number of hydrogen-bond donors (Lipinski definition) is 0. The van der Waals surface area contributed by atoms with E-state index in [1.807, 2.05) is 55.4 Å². The zero-order chi connectivity index (χ0) is 56.7. The van der Waals surface area contributed by atoms with E-state index < -0.39 is 96.1 Å². The lowest BCUT2D eigenvalue weighted by Crippen LogP contribution is -2.55. The van der Waals surface area contributed by atoms with Crippen molar-refractivity contribution in [2.24, 2.45) is 30.7 Å². The lowest BCUT2D eigenvalue weighted by Gasteiger charge is -2.35. The Kier molecular flexibility index (Phi) is 22.9. The molecule has 0 N–H and O–H groups in total. The fraction of sp³-hybridized carbons (Fsp3) is 0.618. The van der Waals surface area contributed by atoms with E-state index in [1.165, 1.54) is 46.8 Å². The number of aromatic nitrogens is 4. The summed E-state index contributed by atoms with van der Waals surface area (Å²) in [5, 5.41) is 11.9. The van der Waals surface area contributed by atoms with E-state index in [-0.39, 0.29) is 68.8 Å².